The van der Waals surface area contributed by atoms with Crippen LogP contribution < -0.4 is 5.49 Å². The van der Waals surface area contributed by atoms with Crippen LogP contribution in [0.15, 0.2) is 23.4 Å². The summed E-state index contributed by atoms with van der Waals surface area (Å²) in [6.07, 6.45) is 1.90. The fourth-order valence-corrected chi connectivity index (χ4v) is 0.848. The van der Waals surface area contributed by atoms with Crippen molar-refractivity contribution in [3.8, 4) is 0 Å². The molecule has 0 unspecified atom stereocenters. The van der Waals surface area contributed by atoms with Crippen LogP contribution in [0.2, 0.25) is 0 Å². The van der Waals surface area contributed by atoms with Gasteiger partial charge in [-0.25, -0.2) is 4.39 Å². The smallest absolute Gasteiger partial charge is 0.219 e. The summed E-state index contributed by atoms with van der Waals surface area (Å²) in [5.74, 6) is -0.418. The van der Waals surface area contributed by atoms with Crippen molar-refractivity contribution in [3.05, 3.63) is 29.6 Å². The minimum atomic E-state index is -0.418. The summed E-state index contributed by atoms with van der Waals surface area (Å²) < 4.78 is 13.9. The van der Waals surface area contributed by atoms with Gasteiger partial charge in [-0.2, -0.15) is 5.10 Å². The molecule has 13 heavy (non-hydrogen) atoms. The van der Waals surface area contributed by atoms with E-state index >= 15 is 0 Å². The normalized spacial score (nSPS) is 11.5. The van der Waals surface area contributed by atoms with Gasteiger partial charge in [-0.15, -0.1) is 0 Å². The van der Waals surface area contributed by atoms with Crippen LogP contribution in [0.25, 0.3) is 0 Å². The number of carbonyl (C=O) groups excluding carboxylic acids is 1. The Balaban J connectivity index is 3.31. The Bertz CT molecular complexity index is 370. The highest BCUT2D eigenvalue weighted by Crippen LogP contribution is 1.89. The predicted molar refractivity (Wildman–Crippen MR) is 45.8 cm³/mol. The molecule has 0 saturated heterocycles. The molecule has 0 N–H and O–H groups in total. The molecule has 0 aliphatic carbocycles. The third kappa shape index (κ3) is 2.40. The van der Waals surface area contributed by atoms with Crippen molar-refractivity contribution < 1.29 is 9.18 Å². The highest BCUT2D eigenvalue weighted by atomic mass is 19.1. The van der Waals surface area contributed by atoms with Crippen LogP contribution in [-0.4, -0.2) is 30.1 Å². The average molecular weight is 183 g/mol. The number of carbonyl (C=O) groups is 1. The van der Waals surface area contributed by atoms with Gasteiger partial charge in [-0.3, -0.25) is 9.36 Å². The van der Waals surface area contributed by atoms with Gasteiger partial charge in [0.1, 0.15) is 5.82 Å². The van der Waals surface area contributed by atoms with Gasteiger partial charge in [0.25, 0.3) is 0 Å². The Kier molecular flexibility index (Phi) is 2.79. The van der Waals surface area contributed by atoms with E-state index in [1.807, 2.05) is 0 Å². The maximum atomic E-state index is 12.7. The molecule has 0 atom stereocenters. The van der Waals surface area contributed by atoms with E-state index in [9.17, 15) is 9.18 Å². The second-order valence-corrected chi connectivity index (χ2v) is 2.66. The molecule has 0 amide bonds. The molecule has 1 aromatic rings. The lowest BCUT2D eigenvalue weighted by Crippen LogP contribution is -2.23. The summed E-state index contributed by atoms with van der Waals surface area (Å²) >= 11 is 0. The van der Waals surface area contributed by atoms with Crippen LogP contribution in [0.4, 0.5) is 4.39 Å². The molecule has 4 nitrogen and oxygen atoms in total. The van der Waals surface area contributed by atoms with Gasteiger partial charge >= 0.3 is 0 Å². The van der Waals surface area contributed by atoms with E-state index in [-0.39, 0.29) is 5.49 Å². The van der Waals surface area contributed by atoms with E-state index in [0.29, 0.717) is 6.41 Å². The van der Waals surface area contributed by atoms with Crippen LogP contribution >= 0.6 is 0 Å². The van der Waals surface area contributed by atoms with Gasteiger partial charge in [0.15, 0.2) is 5.49 Å². The third-order valence-corrected chi connectivity index (χ3v) is 1.34. The van der Waals surface area contributed by atoms with Crippen LogP contribution in [0.1, 0.15) is 0 Å². The van der Waals surface area contributed by atoms with Gasteiger partial charge in [-0.05, 0) is 6.07 Å². The first kappa shape index (κ1) is 9.44. The lowest BCUT2D eigenvalue weighted by Gasteiger charge is -2.04. The first-order valence-electron chi connectivity index (χ1n) is 3.68. The second kappa shape index (κ2) is 3.84. The molecule has 0 fully saturated rings. The van der Waals surface area contributed by atoms with E-state index < -0.39 is 5.82 Å². The molecule has 1 aromatic heterocycles. The summed E-state index contributed by atoms with van der Waals surface area (Å²) in [6, 6.07) is 2.39. The SMILES string of the molecule is CN(C)/N=c1/cc(F)ccn1C=O. The predicted octanol–water partition coefficient (Wildman–Crippen LogP) is 0.0428. The molecule has 1 rings (SSSR count). The van der Waals surface area contributed by atoms with E-state index in [0.717, 1.165) is 0 Å². The molecular formula is C8H10FN3O. The molecule has 1 heterocycles. The molecule has 70 valence electrons. The first-order valence-corrected chi connectivity index (χ1v) is 3.68. The van der Waals surface area contributed by atoms with Crippen LogP contribution in [0.3, 0.4) is 0 Å². The zero-order chi connectivity index (χ0) is 9.84. The van der Waals surface area contributed by atoms with E-state index in [2.05, 4.69) is 5.10 Å². The summed E-state index contributed by atoms with van der Waals surface area (Å²) in [5, 5.41) is 5.41. The van der Waals surface area contributed by atoms with Crippen molar-refractivity contribution in [3.63, 3.8) is 0 Å². The lowest BCUT2D eigenvalue weighted by atomic mass is 10.4. The molecule has 0 aliphatic heterocycles. The maximum absolute atomic E-state index is 12.7. The van der Waals surface area contributed by atoms with Gasteiger partial charge in [0, 0.05) is 26.4 Å². The largest absolute Gasteiger partial charge is 0.301 e. The highest BCUT2D eigenvalue weighted by Gasteiger charge is 1.94. The van der Waals surface area contributed by atoms with Crippen molar-refractivity contribution in [2.24, 2.45) is 5.10 Å². The van der Waals surface area contributed by atoms with Crippen LogP contribution in [0.5, 0.6) is 0 Å². The molecule has 5 heteroatoms. The van der Waals surface area contributed by atoms with Crippen LogP contribution in [0, 0.1) is 5.82 Å². The number of rotatable bonds is 2. The molecule has 0 bridgehead atoms. The Morgan fingerprint density at radius 1 is 1.62 bits per heavy atom. The van der Waals surface area contributed by atoms with E-state index in [1.165, 1.54) is 27.9 Å². The average Bonchev–Trinajstić information content (AvgIpc) is 2.03. The van der Waals surface area contributed by atoms with E-state index in [1.54, 1.807) is 14.1 Å². The minimum absolute atomic E-state index is 0.264. The topological polar surface area (TPSA) is 37.6 Å². The fraction of sp³-hybridized carbons (Fsp3) is 0.250. The number of pyridine rings is 1. The zero-order valence-electron chi connectivity index (χ0n) is 7.44. The zero-order valence-corrected chi connectivity index (χ0v) is 7.44. The maximum Gasteiger partial charge on any atom is 0.219 e. The molecule has 0 radical (unpaired) electrons. The van der Waals surface area contributed by atoms with Crippen molar-refractivity contribution in [2.45, 2.75) is 0 Å². The van der Waals surface area contributed by atoms with Gasteiger partial charge in [0.2, 0.25) is 6.41 Å². The third-order valence-electron chi connectivity index (χ3n) is 1.34. The van der Waals surface area contributed by atoms with Crippen molar-refractivity contribution in [1.82, 2.24) is 9.58 Å². The number of hydrogen-bond donors (Lipinski definition) is 0. The Morgan fingerprint density at radius 2 is 2.31 bits per heavy atom. The van der Waals surface area contributed by atoms with Crippen molar-refractivity contribution >= 4 is 6.41 Å². The molecule has 0 spiro atoms. The van der Waals surface area contributed by atoms with Crippen molar-refractivity contribution in [1.29, 1.82) is 0 Å². The summed E-state index contributed by atoms with van der Waals surface area (Å²) in [4.78, 5) is 10.5. The summed E-state index contributed by atoms with van der Waals surface area (Å²) in [6.45, 7) is 0. The quantitative estimate of drug-likeness (QED) is 0.479. The number of halogens is 1. The molecule has 0 aliphatic rings. The second-order valence-electron chi connectivity index (χ2n) is 2.66. The van der Waals surface area contributed by atoms with Crippen molar-refractivity contribution in [2.75, 3.05) is 14.1 Å². The van der Waals surface area contributed by atoms with Gasteiger partial charge < -0.3 is 5.01 Å². The Labute approximate surface area is 74.9 Å². The molecular weight excluding hydrogens is 173 g/mol. The monoisotopic (exact) mass is 183 g/mol. The standard InChI is InChI=1S/C8H10FN3O/c1-11(2)10-8-5-7(9)3-4-12(8)6-13/h3-6H,1-2H3/b10-8-. The fourth-order valence-electron chi connectivity index (χ4n) is 0.848. The van der Waals surface area contributed by atoms with Crippen LogP contribution in [-0.2, 0) is 4.79 Å². The Hall–Kier alpha value is -1.65. The molecule has 0 saturated carbocycles. The minimum Gasteiger partial charge on any atom is -0.301 e. The van der Waals surface area contributed by atoms with E-state index in [4.69, 9.17) is 0 Å². The lowest BCUT2D eigenvalue weighted by molar-refractivity contribution is 0.413. The summed E-state index contributed by atoms with van der Waals surface area (Å²) in [5.41, 5.74) is 0.264. The molecule has 0 aromatic carbocycles. The highest BCUT2D eigenvalue weighted by molar-refractivity contribution is 5.51. The first-order chi connectivity index (χ1) is 6.13. The Morgan fingerprint density at radius 3 is 2.85 bits per heavy atom. The van der Waals surface area contributed by atoms with Gasteiger partial charge in [0.05, 0.1) is 0 Å². The summed E-state index contributed by atoms with van der Waals surface area (Å²) in [7, 11) is 3.39. The number of nitrogens with zero attached hydrogens (tertiary/aromatic N) is 3. The number of hydrogen-bond acceptors (Lipinski definition) is 3. The van der Waals surface area contributed by atoms with Gasteiger partial charge in [-0.1, -0.05) is 0 Å². The number of aromatic nitrogens is 1.